The van der Waals surface area contributed by atoms with Gasteiger partial charge < -0.3 is 13.9 Å². The van der Waals surface area contributed by atoms with Crippen molar-refractivity contribution in [1.29, 1.82) is 0 Å². The summed E-state index contributed by atoms with van der Waals surface area (Å²) in [6.45, 7) is 0. The van der Waals surface area contributed by atoms with Crippen LogP contribution in [0.15, 0.2) is 283 Å². The van der Waals surface area contributed by atoms with Crippen molar-refractivity contribution in [2.45, 2.75) is 10.8 Å². The lowest BCUT2D eigenvalue weighted by Gasteiger charge is -2.40. The molecule has 2 aromatic heterocycles. The Morgan fingerprint density at radius 1 is 0.309 bits per heavy atom. The number of benzene rings is 13. The Balaban J connectivity index is 0.891. The van der Waals surface area contributed by atoms with Gasteiger partial charge in [-0.15, -0.1) is 0 Å². The fraction of sp³-hybridized carbons (Fsp3) is 0.0256. The monoisotopic (exact) mass is 1030 g/mol. The Morgan fingerprint density at radius 3 is 1.58 bits per heavy atom. The molecule has 3 heterocycles. The third-order valence-corrected chi connectivity index (χ3v) is 19.0. The van der Waals surface area contributed by atoms with Crippen molar-refractivity contribution >= 4 is 71.6 Å². The maximum Gasteiger partial charge on any atom is 0.136 e. The molecule has 81 heavy (non-hydrogen) atoms. The topological polar surface area (TPSA) is 21.3 Å². The summed E-state index contributed by atoms with van der Waals surface area (Å²) in [5, 5.41) is 7.33. The van der Waals surface area contributed by atoms with Gasteiger partial charge in [0.1, 0.15) is 11.2 Å². The predicted octanol–water partition coefficient (Wildman–Crippen LogP) is 20.0. The summed E-state index contributed by atoms with van der Waals surface area (Å²) in [6.07, 6.45) is 0. The maximum atomic E-state index is 6.43. The van der Waals surface area contributed by atoms with E-state index < -0.39 is 10.8 Å². The van der Waals surface area contributed by atoms with Crippen molar-refractivity contribution in [3.8, 4) is 50.2 Å². The third-order valence-electron chi connectivity index (χ3n) is 19.0. The van der Waals surface area contributed by atoms with Gasteiger partial charge in [-0.05, 0) is 160 Å². The van der Waals surface area contributed by atoms with Crippen molar-refractivity contribution in [1.82, 2.24) is 4.57 Å². The minimum absolute atomic E-state index is 0.550. The van der Waals surface area contributed by atoms with Gasteiger partial charge in [0.05, 0.1) is 27.6 Å². The van der Waals surface area contributed by atoms with Gasteiger partial charge in [-0.3, -0.25) is 0 Å². The molecule has 3 aliphatic carbocycles. The first kappa shape index (κ1) is 43.5. The van der Waals surface area contributed by atoms with Crippen LogP contribution in [0.2, 0.25) is 0 Å². The molecule has 19 rings (SSSR count). The number of fused-ring (bicyclic) bond motifs is 27. The van der Waals surface area contributed by atoms with E-state index in [9.17, 15) is 0 Å². The molecule has 0 amide bonds. The fourth-order valence-electron chi connectivity index (χ4n) is 16.0. The molecule has 0 fully saturated rings. The van der Waals surface area contributed by atoms with E-state index in [0.29, 0.717) is 0 Å². The van der Waals surface area contributed by atoms with E-state index in [1.807, 2.05) is 6.07 Å². The molecule has 0 bridgehead atoms. The van der Waals surface area contributed by atoms with Crippen LogP contribution in [-0.2, 0) is 10.8 Å². The Kier molecular flexibility index (Phi) is 8.39. The predicted molar refractivity (Wildman–Crippen MR) is 333 cm³/mol. The van der Waals surface area contributed by atoms with Crippen molar-refractivity contribution in [3.63, 3.8) is 0 Å². The number of furan rings is 1. The highest BCUT2D eigenvalue weighted by molar-refractivity contribution is 6.14. The van der Waals surface area contributed by atoms with Crippen LogP contribution in [0, 0.1) is 0 Å². The molecule has 1 atom stereocenters. The van der Waals surface area contributed by atoms with Gasteiger partial charge in [0, 0.05) is 38.6 Å². The van der Waals surface area contributed by atoms with E-state index in [4.69, 9.17) is 4.42 Å². The van der Waals surface area contributed by atoms with Crippen molar-refractivity contribution in [2.75, 3.05) is 4.90 Å². The Bertz CT molecular complexity index is 5220. The van der Waals surface area contributed by atoms with Gasteiger partial charge in [0.15, 0.2) is 0 Å². The van der Waals surface area contributed by atoms with Crippen LogP contribution in [-0.4, -0.2) is 4.57 Å². The molecule has 0 N–H and O–H groups in total. The summed E-state index contributed by atoms with van der Waals surface area (Å²) in [7, 11) is 0. The van der Waals surface area contributed by atoms with Crippen LogP contribution >= 0.6 is 0 Å². The average Bonchev–Trinajstić information content (AvgIpc) is 2.26. The lowest BCUT2D eigenvalue weighted by Crippen LogP contribution is -2.33. The van der Waals surface area contributed by atoms with Crippen LogP contribution < -0.4 is 4.90 Å². The normalized spacial score (nSPS) is 15.3. The standard InChI is InChI=1S/C78H46N2O/c1-2-18-52-47(17-1)37-44-66-74(52)60-43-41-51(46-69(60)77(66)62-26-8-3-19-54(62)55-20-4-9-27-63(55)77)79(49-38-35-48(36-39-49)53-24-16-34-73-75(53)61-23-7-14-33-72(61)81-73)50-40-42-57-56-21-5-10-28-64(56)78(68(57)45-50)65-29-11-13-32-71(65)80-70-31-12-6-22-58(70)59-25-15-30-67(78)76(59)80/h1-46H. The Labute approximate surface area is 467 Å². The highest BCUT2D eigenvalue weighted by atomic mass is 16.3. The minimum Gasteiger partial charge on any atom is -0.456 e. The fourth-order valence-corrected chi connectivity index (χ4v) is 16.0. The number of rotatable bonds is 4. The Hall–Kier alpha value is -10.5. The lowest BCUT2D eigenvalue weighted by atomic mass is 9.65. The van der Waals surface area contributed by atoms with Crippen molar-refractivity contribution < 1.29 is 4.42 Å². The van der Waals surface area contributed by atoms with Gasteiger partial charge >= 0.3 is 0 Å². The average molecular weight is 1030 g/mol. The zero-order valence-corrected chi connectivity index (χ0v) is 43.9. The third kappa shape index (κ3) is 5.34. The van der Waals surface area contributed by atoms with Crippen LogP contribution in [0.25, 0.3) is 105 Å². The summed E-state index contributed by atoms with van der Waals surface area (Å²) in [5.74, 6) is 0. The molecular formula is C78H46N2O. The van der Waals surface area contributed by atoms with E-state index in [1.165, 1.54) is 116 Å². The van der Waals surface area contributed by atoms with Crippen molar-refractivity contribution in [3.05, 3.63) is 324 Å². The zero-order valence-electron chi connectivity index (χ0n) is 43.9. The zero-order chi connectivity index (χ0) is 52.7. The largest absolute Gasteiger partial charge is 0.456 e. The van der Waals surface area contributed by atoms with Gasteiger partial charge in [-0.25, -0.2) is 0 Å². The number of para-hydroxylation sites is 4. The summed E-state index contributed by atoms with van der Waals surface area (Å²) < 4.78 is 8.97. The van der Waals surface area contributed by atoms with Gasteiger partial charge in [0.25, 0.3) is 0 Å². The molecule has 0 saturated carbocycles. The molecule has 3 nitrogen and oxygen atoms in total. The van der Waals surface area contributed by atoms with Crippen LogP contribution in [0.4, 0.5) is 17.1 Å². The summed E-state index contributed by atoms with van der Waals surface area (Å²) in [6, 6.07) is 105. The lowest BCUT2D eigenvalue weighted by molar-refractivity contribution is 0.669. The number of aromatic nitrogens is 1. The van der Waals surface area contributed by atoms with E-state index in [1.54, 1.807) is 0 Å². The first-order chi connectivity index (χ1) is 40.2. The van der Waals surface area contributed by atoms with Crippen LogP contribution in [0.1, 0.15) is 44.5 Å². The molecule has 1 unspecified atom stereocenters. The molecule has 0 saturated heterocycles. The number of hydrogen-bond donors (Lipinski definition) is 0. The number of nitrogens with zero attached hydrogens (tertiary/aromatic N) is 2. The van der Waals surface area contributed by atoms with Crippen LogP contribution in [0.3, 0.4) is 0 Å². The molecule has 374 valence electrons. The van der Waals surface area contributed by atoms with Gasteiger partial charge in [0.2, 0.25) is 0 Å². The molecule has 13 aromatic carbocycles. The van der Waals surface area contributed by atoms with Gasteiger partial charge in [-0.1, -0.05) is 218 Å². The summed E-state index contributed by atoms with van der Waals surface area (Å²) >= 11 is 0. The SMILES string of the molecule is c1ccc2c(c1)-c1ccccc1C21c2cc(N(c3ccc(-c4cccc5oc6ccccc6c45)cc3)c3ccc4c(c3)C3(c5ccccc5-4)c4ccccc4-n4c5ccccc5c5cccc3c54)ccc2-c2c1ccc1ccccc21. The van der Waals surface area contributed by atoms with E-state index >= 15 is 0 Å². The number of hydrogen-bond acceptors (Lipinski definition) is 2. The molecule has 4 aliphatic rings. The van der Waals surface area contributed by atoms with Crippen molar-refractivity contribution in [2.24, 2.45) is 0 Å². The van der Waals surface area contributed by atoms with E-state index in [-0.39, 0.29) is 0 Å². The smallest absolute Gasteiger partial charge is 0.136 e. The molecule has 1 aliphatic heterocycles. The summed E-state index contributed by atoms with van der Waals surface area (Å²) in [5.41, 5.74) is 28.1. The van der Waals surface area contributed by atoms with E-state index in [2.05, 4.69) is 282 Å². The molecule has 0 radical (unpaired) electrons. The highest BCUT2D eigenvalue weighted by Gasteiger charge is 2.53. The second kappa shape index (κ2) is 15.6. The second-order valence-electron chi connectivity index (χ2n) is 22.5. The molecule has 3 heteroatoms. The first-order valence-corrected chi connectivity index (χ1v) is 28.2. The quantitative estimate of drug-likeness (QED) is 0.175. The second-order valence-corrected chi connectivity index (χ2v) is 22.5. The number of anilines is 3. The molecule has 2 spiro atoms. The minimum atomic E-state index is -0.619. The summed E-state index contributed by atoms with van der Waals surface area (Å²) in [4.78, 5) is 2.53. The first-order valence-electron chi connectivity index (χ1n) is 28.2. The highest BCUT2D eigenvalue weighted by Crippen LogP contribution is 2.66. The maximum absolute atomic E-state index is 6.43. The van der Waals surface area contributed by atoms with Crippen LogP contribution in [0.5, 0.6) is 0 Å². The van der Waals surface area contributed by atoms with Gasteiger partial charge in [-0.2, -0.15) is 0 Å². The molecule has 15 aromatic rings. The Morgan fingerprint density at radius 2 is 0.827 bits per heavy atom. The molecular weight excluding hydrogens is 981 g/mol. The van der Waals surface area contributed by atoms with E-state index in [0.717, 1.165) is 50.1 Å².